The summed E-state index contributed by atoms with van der Waals surface area (Å²) in [7, 11) is 2.20. The third-order valence-corrected chi connectivity index (χ3v) is 4.63. The zero-order valence-electron chi connectivity index (χ0n) is 13.7. The van der Waals surface area contributed by atoms with Gasteiger partial charge in [0.05, 0.1) is 13.2 Å². The van der Waals surface area contributed by atoms with Gasteiger partial charge in [-0.1, -0.05) is 13.0 Å². The van der Waals surface area contributed by atoms with Crippen molar-refractivity contribution < 1.29 is 14.2 Å². The van der Waals surface area contributed by atoms with E-state index in [4.69, 9.17) is 14.2 Å². The molecule has 1 aromatic rings. The van der Waals surface area contributed by atoms with Crippen LogP contribution in [-0.4, -0.2) is 44.0 Å². The lowest BCUT2D eigenvalue weighted by Gasteiger charge is -2.19. The highest BCUT2D eigenvalue weighted by atomic mass is 16.7. The molecular formula is C18H27NO3. The molecule has 0 bridgehead atoms. The van der Waals surface area contributed by atoms with Gasteiger partial charge in [-0.25, -0.2) is 0 Å². The fourth-order valence-corrected chi connectivity index (χ4v) is 3.26. The molecule has 0 radical (unpaired) electrons. The van der Waals surface area contributed by atoms with Crippen LogP contribution in [0.3, 0.4) is 0 Å². The molecule has 2 unspecified atom stereocenters. The molecule has 22 heavy (non-hydrogen) atoms. The van der Waals surface area contributed by atoms with Crippen LogP contribution in [0.2, 0.25) is 0 Å². The lowest BCUT2D eigenvalue weighted by Crippen LogP contribution is -2.26. The van der Waals surface area contributed by atoms with Crippen molar-refractivity contribution in [2.45, 2.75) is 44.9 Å². The Balaban J connectivity index is 1.46. The molecule has 122 valence electrons. The minimum Gasteiger partial charge on any atom is -0.493 e. The molecule has 1 aromatic carbocycles. The van der Waals surface area contributed by atoms with E-state index in [1.165, 1.54) is 19.4 Å². The molecule has 2 fully saturated rings. The Morgan fingerprint density at radius 2 is 2.18 bits per heavy atom. The fraction of sp³-hybridized carbons (Fsp3) is 0.667. The van der Waals surface area contributed by atoms with Crippen molar-refractivity contribution in [3.63, 3.8) is 0 Å². The van der Waals surface area contributed by atoms with E-state index in [1.807, 2.05) is 24.3 Å². The topological polar surface area (TPSA) is 30.9 Å². The maximum Gasteiger partial charge on any atom is 0.200 e. The SMILES string of the molecule is C[C@H]1COC(Oc2cccc(OCCC3CCCN3C)c2)C1. The van der Waals surface area contributed by atoms with Crippen LogP contribution in [0.5, 0.6) is 11.5 Å². The minimum absolute atomic E-state index is 0.114. The number of ether oxygens (including phenoxy) is 3. The van der Waals surface area contributed by atoms with E-state index in [2.05, 4.69) is 18.9 Å². The average molecular weight is 305 g/mol. The van der Waals surface area contributed by atoms with Gasteiger partial charge in [0, 0.05) is 18.5 Å². The van der Waals surface area contributed by atoms with Crippen molar-refractivity contribution in [1.29, 1.82) is 0 Å². The molecule has 2 saturated heterocycles. The summed E-state index contributed by atoms with van der Waals surface area (Å²) >= 11 is 0. The Hall–Kier alpha value is -1.26. The van der Waals surface area contributed by atoms with Gasteiger partial charge in [0.1, 0.15) is 11.5 Å². The van der Waals surface area contributed by atoms with E-state index in [-0.39, 0.29) is 6.29 Å². The first kappa shape index (κ1) is 15.6. The number of benzene rings is 1. The Morgan fingerprint density at radius 3 is 2.91 bits per heavy atom. The highest BCUT2D eigenvalue weighted by Gasteiger charge is 2.23. The van der Waals surface area contributed by atoms with Crippen LogP contribution >= 0.6 is 0 Å². The Labute approximate surface area is 133 Å². The predicted octanol–water partition coefficient (Wildman–Crippen LogP) is 3.31. The predicted molar refractivity (Wildman–Crippen MR) is 86.4 cm³/mol. The molecule has 0 saturated carbocycles. The van der Waals surface area contributed by atoms with Gasteiger partial charge in [0.2, 0.25) is 0 Å². The minimum atomic E-state index is -0.114. The molecule has 0 amide bonds. The summed E-state index contributed by atoms with van der Waals surface area (Å²) in [6, 6.07) is 8.57. The zero-order valence-corrected chi connectivity index (χ0v) is 13.7. The van der Waals surface area contributed by atoms with Gasteiger partial charge in [-0.05, 0) is 50.9 Å². The van der Waals surface area contributed by atoms with Gasteiger partial charge in [0.15, 0.2) is 6.29 Å². The highest BCUT2D eigenvalue weighted by Crippen LogP contribution is 2.26. The molecule has 0 aromatic heterocycles. The fourth-order valence-electron chi connectivity index (χ4n) is 3.26. The van der Waals surface area contributed by atoms with Crippen molar-refractivity contribution in [3.8, 4) is 11.5 Å². The number of likely N-dealkylation sites (tertiary alicyclic amines) is 1. The normalized spacial score (nSPS) is 28.9. The van der Waals surface area contributed by atoms with Crippen LogP contribution in [0, 0.1) is 5.92 Å². The molecular weight excluding hydrogens is 278 g/mol. The second kappa shape index (κ2) is 7.34. The number of hydrogen-bond acceptors (Lipinski definition) is 4. The third kappa shape index (κ3) is 4.14. The highest BCUT2D eigenvalue weighted by molar-refractivity contribution is 5.33. The summed E-state index contributed by atoms with van der Waals surface area (Å²) in [5, 5.41) is 0. The molecule has 3 atom stereocenters. The molecule has 0 N–H and O–H groups in total. The summed E-state index contributed by atoms with van der Waals surface area (Å²) in [6.45, 7) is 4.95. The number of rotatable bonds is 6. The first-order valence-corrected chi connectivity index (χ1v) is 8.42. The summed E-state index contributed by atoms with van der Waals surface area (Å²) in [4.78, 5) is 2.43. The molecule has 4 nitrogen and oxygen atoms in total. The standard InChI is InChI=1S/C18H27NO3/c1-14-11-18(21-13-14)22-17-7-3-6-16(12-17)20-10-8-15-5-4-9-19(15)2/h3,6-7,12,14-15,18H,4-5,8-11,13H2,1-2H3/t14-,15?,18?/m1/s1. The van der Waals surface area contributed by atoms with Gasteiger partial charge in [0.25, 0.3) is 0 Å². The van der Waals surface area contributed by atoms with Crippen LogP contribution in [0.1, 0.15) is 32.6 Å². The van der Waals surface area contributed by atoms with Crippen molar-refractivity contribution >= 4 is 0 Å². The summed E-state index contributed by atoms with van der Waals surface area (Å²) in [6.07, 6.45) is 4.53. The summed E-state index contributed by atoms with van der Waals surface area (Å²) in [5.74, 6) is 2.28. The molecule has 2 aliphatic rings. The van der Waals surface area contributed by atoms with Gasteiger partial charge < -0.3 is 19.1 Å². The smallest absolute Gasteiger partial charge is 0.200 e. The van der Waals surface area contributed by atoms with Gasteiger partial charge in [-0.15, -0.1) is 0 Å². The molecule has 2 heterocycles. The second-order valence-corrected chi connectivity index (χ2v) is 6.61. The van der Waals surface area contributed by atoms with Crippen LogP contribution < -0.4 is 9.47 Å². The largest absolute Gasteiger partial charge is 0.493 e. The van der Waals surface area contributed by atoms with E-state index < -0.39 is 0 Å². The average Bonchev–Trinajstić information content (AvgIpc) is 3.09. The van der Waals surface area contributed by atoms with Crippen LogP contribution in [0.4, 0.5) is 0 Å². The third-order valence-electron chi connectivity index (χ3n) is 4.63. The van der Waals surface area contributed by atoms with Gasteiger partial charge in [-0.3, -0.25) is 0 Å². The van der Waals surface area contributed by atoms with E-state index in [0.29, 0.717) is 12.0 Å². The maximum absolute atomic E-state index is 5.90. The molecule has 4 heteroatoms. The van der Waals surface area contributed by atoms with Crippen molar-refractivity contribution in [2.75, 3.05) is 26.8 Å². The zero-order chi connectivity index (χ0) is 15.4. The van der Waals surface area contributed by atoms with Gasteiger partial charge in [-0.2, -0.15) is 0 Å². The Kier molecular flexibility index (Phi) is 5.21. The first-order chi connectivity index (χ1) is 10.7. The van der Waals surface area contributed by atoms with Crippen molar-refractivity contribution in [2.24, 2.45) is 5.92 Å². The Bertz CT molecular complexity index is 479. The molecule has 0 aliphatic carbocycles. The summed E-state index contributed by atoms with van der Waals surface area (Å²) < 4.78 is 17.4. The lowest BCUT2D eigenvalue weighted by atomic mass is 10.1. The number of hydrogen-bond donors (Lipinski definition) is 0. The molecule has 2 aliphatic heterocycles. The van der Waals surface area contributed by atoms with E-state index in [0.717, 1.165) is 37.6 Å². The van der Waals surface area contributed by atoms with Crippen molar-refractivity contribution in [1.82, 2.24) is 4.90 Å². The van der Waals surface area contributed by atoms with E-state index in [1.54, 1.807) is 0 Å². The summed E-state index contributed by atoms with van der Waals surface area (Å²) in [5.41, 5.74) is 0. The van der Waals surface area contributed by atoms with Gasteiger partial charge >= 0.3 is 0 Å². The molecule has 3 rings (SSSR count). The van der Waals surface area contributed by atoms with Crippen molar-refractivity contribution in [3.05, 3.63) is 24.3 Å². The lowest BCUT2D eigenvalue weighted by molar-refractivity contribution is -0.0394. The van der Waals surface area contributed by atoms with Crippen LogP contribution in [0.25, 0.3) is 0 Å². The Morgan fingerprint density at radius 1 is 1.32 bits per heavy atom. The molecule has 0 spiro atoms. The van der Waals surface area contributed by atoms with E-state index >= 15 is 0 Å². The number of nitrogens with zero attached hydrogens (tertiary/aromatic N) is 1. The monoisotopic (exact) mass is 305 g/mol. The van der Waals surface area contributed by atoms with Crippen LogP contribution in [0.15, 0.2) is 24.3 Å². The quantitative estimate of drug-likeness (QED) is 0.807. The van der Waals surface area contributed by atoms with E-state index in [9.17, 15) is 0 Å². The first-order valence-electron chi connectivity index (χ1n) is 8.42. The maximum atomic E-state index is 5.90. The van der Waals surface area contributed by atoms with Crippen LogP contribution in [-0.2, 0) is 4.74 Å². The second-order valence-electron chi connectivity index (χ2n) is 6.61.